The van der Waals surface area contributed by atoms with Crippen LogP contribution in [0.3, 0.4) is 0 Å². The minimum absolute atomic E-state index is 0.160. The zero-order valence-corrected chi connectivity index (χ0v) is 19.1. The van der Waals surface area contributed by atoms with Crippen LogP contribution in [0, 0.1) is 6.92 Å². The van der Waals surface area contributed by atoms with Crippen molar-refractivity contribution in [1.82, 2.24) is 9.29 Å². The lowest BCUT2D eigenvalue weighted by Gasteiger charge is -2.34. The van der Waals surface area contributed by atoms with Gasteiger partial charge in [-0.05, 0) is 53.6 Å². The van der Waals surface area contributed by atoms with Gasteiger partial charge in [0.2, 0.25) is 5.91 Å². The summed E-state index contributed by atoms with van der Waals surface area (Å²) in [5, 5.41) is 5.06. The van der Waals surface area contributed by atoms with Crippen LogP contribution in [-0.4, -0.2) is 29.7 Å². The molecule has 1 amide bonds. The van der Waals surface area contributed by atoms with Gasteiger partial charge in [0, 0.05) is 6.54 Å². The maximum absolute atomic E-state index is 13.3. The normalized spacial score (nSPS) is 16.9. The van der Waals surface area contributed by atoms with Crippen LogP contribution in [0.2, 0.25) is 0 Å². The van der Waals surface area contributed by atoms with Crippen molar-refractivity contribution < 1.29 is 13.2 Å². The topological polar surface area (TPSA) is 79.4 Å². The van der Waals surface area contributed by atoms with Crippen LogP contribution in [0.1, 0.15) is 16.7 Å². The van der Waals surface area contributed by atoms with E-state index in [1.54, 1.807) is 17.5 Å². The first-order valence-electron chi connectivity index (χ1n) is 9.72. The largest absolute Gasteiger partial charge is 0.301 e. The second-order valence-electron chi connectivity index (χ2n) is 7.45. The Kier molecular flexibility index (Phi) is 5.13. The summed E-state index contributed by atoms with van der Waals surface area (Å²) < 4.78 is 29.2. The van der Waals surface area contributed by atoms with Crippen LogP contribution in [-0.2, 0) is 27.8 Å². The fourth-order valence-electron chi connectivity index (χ4n) is 3.77. The first-order chi connectivity index (χ1) is 14.9. The molecule has 5 rings (SSSR count). The second kappa shape index (κ2) is 7.83. The molecule has 2 aromatic carbocycles. The van der Waals surface area contributed by atoms with E-state index in [0.29, 0.717) is 11.6 Å². The Balaban J connectivity index is 1.50. The van der Waals surface area contributed by atoms with E-state index >= 15 is 0 Å². The average molecular weight is 470 g/mol. The molecule has 1 atom stereocenters. The number of thiazole rings is 1. The molecule has 2 aromatic heterocycles. The Morgan fingerprint density at radius 1 is 1.13 bits per heavy atom. The fourth-order valence-corrected chi connectivity index (χ4v) is 7.43. The van der Waals surface area contributed by atoms with E-state index in [0.717, 1.165) is 38.2 Å². The van der Waals surface area contributed by atoms with Gasteiger partial charge in [0.25, 0.3) is 10.0 Å². The number of benzene rings is 2. The number of carbonyl (C=O) groups is 1. The number of anilines is 1. The van der Waals surface area contributed by atoms with Gasteiger partial charge >= 0.3 is 0 Å². The summed E-state index contributed by atoms with van der Waals surface area (Å²) in [4.78, 5) is 17.8. The molecule has 158 valence electrons. The average Bonchev–Trinajstić information content (AvgIpc) is 3.42. The Labute approximate surface area is 188 Å². The molecule has 0 radical (unpaired) electrons. The minimum atomic E-state index is -3.80. The van der Waals surface area contributed by atoms with Gasteiger partial charge in [-0.1, -0.05) is 47.7 Å². The maximum atomic E-state index is 13.3. The van der Waals surface area contributed by atoms with Crippen LogP contribution in [0.4, 0.5) is 5.13 Å². The van der Waals surface area contributed by atoms with Crippen LogP contribution >= 0.6 is 22.7 Å². The van der Waals surface area contributed by atoms with Crippen molar-refractivity contribution in [2.45, 2.75) is 30.1 Å². The van der Waals surface area contributed by atoms with Gasteiger partial charge in [-0.2, -0.15) is 4.31 Å². The molecule has 0 fully saturated rings. The number of amides is 1. The number of thiophene rings is 1. The van der Waals surface area contributed by atoms with Crippen molar-refractivity contribution in [3.8, 4) is 0 Å². The first-order valence-corrected chi connectivity index (χ1v) is 12.9. The maximum Gasteiger partial charge on any atom is 0.253 e. The number of aromatic nitrogens is 1. The van der Waals surface area contributed by atoms with E-state index in [4.69, 9.17) is 0 Å². The molecule has 0 saturated heterocycles. The Hall–Kier alpha value is -2.59. The lowest BCUT2D eigenvalue weighted by Crippen LogP contribution is -2.50. The molecule has 4 aromatic rings. The number of fused-ring (bicyclic) bond motifs is 2. The van der Waals surface area contributed by atoms with Crippen molar-refractivity contribution in [3.05, 3.63) is 76.7 Å². The van der Waals surface area contributed by atoms with Crippen LogP contribution in [0.25, 0.3) is 10.2 Å². The minimum Gasteiger partial charge on any atom is -0.301 e. The Morgan fingerprint density at radius 3 is 2.71 bits per heavy atom. The van der Waals surface area contributed by atoms with Crippen LogP contribution < -0.4 is 5.32 Å². The molecule has 6 nitrogen and oxygen atoms in total. The lowest BCUT2D eigenvalue weighted by molar-refractivity contribution is -0.120. The number of hydrogen-bond acceptors (Lipinski definition) is 6. The van der Waals surface area contributed by atoms with Gasteiger partial charge < -0.3 is 5.32 Å². The summed E-state index contributed by atoms with van der Waals surface area (Å²) in [5.74, 6) is -0.370. The predicted molar refractivity (Wildman–Crippen MR) is 124 cm³/mol. The molecule has 0 bridgehead atoms. The SMILES string of the molecule is Cc1ccc2nc(NC(=O)C3Cc4ccccc4CN3S(=O)(=O)c3cccs3)sc2c1. The van der Waals surface area contributed by atoms with Gasteiger partial charge in [0.15, 0.2) is 5.13 Å². The molecule has 0 spiro atoms. The van der Waals surface area contributed by atoms with Crippen molar-refractivity contribution in [2.75, 3.05) is 5.32 Å². The van der Waals surface area contributed by atoms with Crippen molar-refractivity contribution in [3.63, 3.8) is 0 Å². The molecule has 1 N–H and O–H groups in total. The zero-order valence-electron chi connectivity index (χ0n) is 16.6. The van der Waals surface area contributed by atoms with E-state index in [1.807, 2.05) is 49.4 Å². The van der Waals surface area contributed by atoms with E-state index in [1.165, 1.54) is 15.6 Å². The van der Waals surface area contributed by atoms with Crippen molar-refractivity contribution in [2.24, 2.45) is 0 Å². The lowest BCUT2D eigenvalue weighted by atomic mass is 9.95. The number of aryl methyl sites for hydroxylation is 1. The molecular weight excluding hydrogens is 450 g/mol. The molecule has 3 heterocycles. The molecule has 1 aliphatic heterocycles. The Morgan fingerprint density at radius 2 is 1.94 bits per heavy atom. The highest BCUT2D eigenvalue weighted by atomic mass is 32.2. The fraction of sp³-hybridized carbons (Fsp3) is 0.182. The molecule has 1 unspecified atom stereocenters. The van der Waals surface area contributed by atoms with Crippen molar-refractivity contribution in [1.29, 1.82) is 0 Å². The van der Waals surface area contributed by atoms with Crippen LogP contribution in [0.15, 0.2) is 64.2 Å². The quantitative estimate of drug-likeness (QED) is 0.480. The summed E-state index contributed by atoms with van der Waals surface area (Å²) in [5.41, 5.74) is 3.83. The van der Waals surface area contributed by atoms with E-state index in [9.17, 15) is 13.2 Å². The second-order valence-corrected chi connectivity index (χ2v) is 11.5. The number of nitrogens with zero attached hydrogens (tertiary/aromatic N) is 2. The number of carbonyl (C=O) groups excluding carboxylic acids is 1. The first kappa shape index (κ1) is 20.3. The molecule has 0 aliphatic carbocycles. The van der Waals surface area contributed by atoms with Gasteiger partial charge in [0.1, 0.15) is 10.3 Å². The molecule has 31 heavy (non-hydrogen) atoms. The van der Waals surface area contributed by atoms with Crippen LogP contribution in [0.5, 0.6) is 0 Å². The zero-order chi connectivity index (χ0) is 21.6. The number of sulfonamides is 1. The van der Waals surface area contributed by atoms with E-state index < -0.39 is 16.1 Å². The van der Waals surface area contributed by atoms with Gasteiger partial charge in [-0.25, -0.2) is 13.4 Å². The molecular formula is C22H19N3O3S3. The summed E-state index contributed by atoms with van der Waals surface area (Å²) in [7, 11) is -3.80. The molecule has 9 heteroatoms. The third kappa shape index (κ3) is 3.78. The molecule has 1 aliphatic rings. The van der Waals surface area contributed by atoms with E-state index in [2.05, 4.69) is 10.3 Å². The summed E-state index contributed by atoms with van der Waals surface area (Å²) in [6.07, 6.45) is 0.316. The highest BCUT2D eigenvalue weighted by Crippen LogP contribution is 2.32. The predicted octanol–water partition coefficient (Wildman–Crippen LogP) is 4.42. The third-order valence-corrected chi connectivity index (χ3v) is 9.50. The summed E-state index contributed by atoms with van der Waals surface area (Å²) in [6.45, 7) is 2.16. The van der Waals surface area contributed by atoms with Gasteiger partial charge in [0.05, 0.1) is 10.2 Å². The molecule has 0 saturated carbocycles. The van der Waals surface area contributed by atoms with Crippen molar-refractivity contribution >= 4 is 54.0 Å². The summed E-state index contributed by atoms with van der Waals surface area (Å²) >= 11 is 2.54. The highest BCUT2D eigenvalue weighted by Gasteiger charge is 2.40. The Bertz CT molecular complexity index is 1380. The standard InChI is InChI=1S/C22H19N3O3S3/c1-14-8-9-17-19(11-14)30-22(23-17)24-21(26)18-12-15-5-2-3-6-16(15)13-25(18)31(27,28)20-7-4-10-29-20/h2-11,18H,12-13H2,1H3,(H,23,24,26). The highest BCUT2D eigenvalue weighted by molar-refractivity contribution is 7.91. The van der Waals surface area contributed by atoms with Gasteiger partial charge in [-0.3, -0.25) is 4.79 Å². The monoisotopic (exact) mass is 469 g/mol. The summed E-state index contributed by atoms with van der Waals surface area (Å²) in [6, 6.07) is 16.0. The number of rotatable bonds is 4. The third-order valence-electron chi connectivity index (χ3n) is 5.34. The van der Waals surface area contributed by atoms with Gasteiger partial charge in [-0.15, -0.1) is 11.3 Å². The number of nitrogens with one attached hydrogen (secondary N) is 1. The van der Waals surface area contributed by atoms with E-state index in [-0.39, 0.29) is 16.7 Å². The number of hydrogen-bond donors (Lipinski definition) is 1. The smallest absolute Gasteiger partial charge is 0.253 e.